The van der Waals surface area contributed by atoms with Crippen LogP contribution in [0.1, 0.15) is 452 Å². The number of carbonyl (C=O) groups is 6. The zero-order chi connectivity index (χ0) is 89.0. The quantitative estimate of drug-likeness (QED) is 0.0117. The van der Waals surface area contributed by atoms with Gasteiger partial charge in [0.2, 0.25) is 11.8 Å². The molecule has 10 N–H and O–H groups in total. The number of hydrogen-bond donors (Lipinski definition) is 10. The van der Waals surface area contributed by atoms with Gasteiger partial charge in [-0.3, -0.25) is 37.8 Å². The van der Waals surface area contributed by atoms with Crippen molar-refractivity contribution in [3.63, 3.8) is 0 Å². The summed E-state index contributed by atoms with van der Waals surface area (Å²) >= 11 is 0. The second-order valence-electron chi connectivity index (χ2n) is 34.8. The molecule has 0 aliphatic carbocycles. The van der Waals surface area contributed by atoms with E-state index in [9.17, 15) is 73.1 Å². The molecule has 2 heterocycles. The van der Waals surface area contributed by atoms with Gasteiger partial charge >= 0.3 is 39.5 Å². The van der Waals surface area contributed by atoms with Crippen molar-refractivity contribution in [1.82, 2.24) is 10.6 Å². The van der Waals surface area contributed by atoms with E-state index in [0.29, 0.717) is 38.5 Å². The standard InChI is InChI=1S/C92H174N2O25P2/c1-7-13-19-25-31-37-43-49-55-61-73(96)67-83(102)116-89-85(93-79(98)69-75(63-57-51-45-39-33-27-21-15-9-3)112-81(100)65-59-53-47-41-35-29-23-17-11-5)92(119-121(108,109)110)115-78(87(89)104)72-111-91-86(90(88(77(71-95)114-91)118-120(105,106)107)117-84(103)68-74(97)62-56-50-44-38-32-26-20-14-8-2)94-80(99)70-76(64-58-52-46-40-34-28-22-16-10-4)113-82(101)66-60-54-48-42-36-30-24-18-12-6/h73-78,85-92,95-97,104H,7-72H2,1-6H3,(H,93,98)(H,94,99)(H2,105,106,107)(H2,108,109,110)/t73-,74-,75-,76-,77?,78?,85?,86?,87-,88-,89-,90-,91-,92-/m1/s1. The van der Waals surface area contributed by atoms with Crippen LogP contribution in [0.5, 0.6) is 0 Å². The van der Waals surface area contributed by atoms with E-state index >= 15 is 4.79 Å². The number of unbranched alkanes of at least 4 members (excludes halogenated alkanes) is 48. The number of ether oxygens (including phenoxy) is 7. The number of rotatable bonds is 82. The molecule has 2 rings (SSSR count). The van der Waals surface area contributed by atoms with Gasteiger partial charge in [-0.2, -0.15) is 0 Å². The monoisotopic (exact) mass is 1770 g/mol. The molecule has 121 heavy (non-hydrogen) atoms. The Morgan fingerprint density at radius 2 is 0.620 bits per heavy atom. The number of nitrogens with one attached hydrogen (secondary N) is 2. The lowest BCUT2D eigenvalue weighted by Crippen LogP contribution is -2.68. The van der Waals surface area contributed by atoms with Crippen LogP contribution >= 0.6 is 15.6 Å². The largest absolute Gasteiger partial charge is 0.472 e. The van der Waals surface area contributed by atoms with Crippen molar-refractivity contribution in [2.45, 2.75) is 538 Å². The maximum Gasteiger partial charge on any atom is 0.472 e. The summed E-state index contributed by atoms with van der Waals surface area (Å²) in [4.78, 5) is 128. The van der Waals surface area contributed by atoms with Gasteiger partial charge in [0.25, 0.3) is 0 Å². The molecular weight excluding hydrogens is 1590 g/mol. The number of hydrogen-bond acceptors (Lipinski definition) is 21. The Labute approximate surface area is 729 Å². The zero-order valence-electron chi connectivity index (χ0n) is 76.2. The number of phosphoric acid groups is 2. The lowest BCUT2D eigenvalue weighted by atomic mass is 9.95. The van der Waals surface area contributed by atoms with Crippen molar-refractivity contribution < 1.29 is 120 Å². The van der Waals surface area contributed by atoms with Crippen molar-refractivity contribution in [3.05, 3.63) is 0 Å². The third-order valence-corrected chi connectivity index (χ3v) is 24.4. The summed E-state index contributed by atoms with van der Waals surface area (Å²) in [6.07, 6.45) is 31.6. The number of carbonyl (C=O) groups excluding carboxylic acids is 6. The average molecular weight is 1770 g/mol. The highest BCUT2D eigenvalue weighted by molar-refractivity contribution is 7.46. The van der Waals surface area contributed by atoms with Crippen LogP contribution in [0.15, 0.2) is 0 Å². The van der Waals surface area contributed by atoms with Gasteiger partial charge in [-0.1, -0.05) is 363 Å². The van der Waals surface area contributed by atoms with Crippen molar-refractivity contribution in [3.8, 4) is 0 Å². The SMILES string of the molecule is CCCCCCCCCCCC(=O)O[C@H](CCCCCCCCCCC)CC(=O)NC1[C@@H](OP(=O)(O)O)OC(CO[C@@H]2OC(CO)[C@@H](OP(=O)(O)O)[C@H](OC(=O)C[C@H](O)CCCCCCCCCCC)C2NC(=O)C[C@@H](CCCCCCCCCCC)OC(=O)CCCCCCCCCCC)[C@@H](O)[C@@H]1OC(=O)C[C@H](O)CCCCCCCCCCC. The summed E-state index contributed by atoms with van der Waals surface area (Å²) < 4.78 is 79.8. The van der Waals surface area contributed by atoms with Crippen LogP contribution in [0.4, 0.5) is 0 Å². The van der Waals surface area contributed by atoms with Crippen LogP contribution in [-0.4, -0.2) is 175 Å². The Morgan fingerprint density at radius 3 is 0.934 bits per heavy atom. The summed E-state index contributed by atoms with van der Waals surface area (Å²) in [5, 5.41) is 51.8. The van der Waals surface area contributed by atoms with Crippen molar-refractivity contribution in [1.29, 1.82) is 0 Å². The van der Waals surface area contributed by atoms with E-state index in [-0.39, 0.29) is 38.5 Å². The normalized spacial score (nSPS) is 20.5. The molecule has 29 heteroatoms. The molecule has 2 amide bonds. The molecule has 2 aliphatic rings. The molecule has 0 saturated carbocycles. The minimum atomic E-state index is -5.71. The van der Waals surface area contributed by atoms with Crippen molar-refractivity contribution in [2.24, 2.45) is 0 Å². The highest BCUT2D eigenvalue weighted by Gasteiger charge is 2.55. The van der Waals surface area contributed by atoms with E-state index in [0.717, 1.165) is 263 Å². The van der Waals surface area contributed by atoms with E-state index in [1.807, 2.05) is 0 Å². The number of aliphatic hydroxyl groups is 4. The van der Waals surface area contributed by atoms with Gasteiger partial charge in [0.15, 0.2) is 24.8 Å². The van der Waals surface area contributed by atoms with Crippen LogP contribution in [0.2, 0.25) is 0 Å². The molecule has 2 saturated heterocycles. The van der Waals surface area contributed by atoms with E-state index in [2.05, 4.69) is 52.2 Å². The van der Waals surface area contributed by atoms with Crippen LogP contribution in [-0.2, 0) is 80.1 Å². The van der Waals surface area contributed by atoms with Gasteiger partial charge in [0.1, 0.15) is 48.7 Å². The van der Waals surface area contributed by atoms with Gasteiger partial charge in [-0.05, 0) is 51.4 Å². The number of amides is 2. The van der Waals surface area contributed by atoms with Gasteiger partial charge in [-0.25, -0.2) is 9.13 Å². The Bertz CT molecular complexity index is 2680. The smallest absolute Gasteiger partial charge is 0.462 e. The first-order valence-electron chi connectivity index (χ1n) is 48.7. The van der Waals surface area contributed by atoms with Gasteiger partial charge in [-0.15, -0.1) is 0 Å². The fourth-order valence-corrected chi connectivity index (χ4v) is 17.3. The lowest BCUT2D eigenvalue weighted by molar-refractivity contribution is -0.296. The highest BCUT2D eigenvalue weighted by Crippen LogP contribution is 2.44. The van der Waals surface area contributed by atoms with Crippen LogP contribution in [0.25, 0.3) is 0 Å². The molecule has 0 spiro atoms. The van der Waals surface area contributed by atoms with Gasteiger partial charge in [0, 0.05) is 12.8 Å². The lowest BCUT2D eigenvalue weighted by Gasteiger charge is -2.47. The molecule has 14 atom stereocenters. The summed E-state index contributed by atoms with van der Waals surface area (Å²) in [6, 6.07) is -3.87. The number of phosphoric ester groups is 2. The Hall–Kier alpha value is -3.24. The second-order valence-corrected chi connectivity index (χ2v) is 37.2. The first-order valence-corrected chi connectivity index (χ1v) is 51.8. The number of esters is 4. The molecule has 0 aromatic rings. The average Bonchev–Trinajstić information content (AvgIpc) is 0.779. The summed E-state index contributed by atoms with van der Waals surface area (Å²) in [6.45, 7) is 10.9. The van der Waals surface area contributed by atoms with E-state index in [1.165, 1.54) is 44.9 Å². The zero-order valence-corrected chi connectivity index (χ0v) is 78.0. The fourth-order valence-electron chi connectivity index (χ4n) is 16.2. The maximum atomic E-state index is 15.0. The third-order valence-electron chi connectivity index (χ3n) is 23.4. The maximum absolute atomic E-state index is 15.0. The molecule has 0 radical (unpaired) electrons. The van der Waals surface area contributed by atoms with E-state index in [4.69, 9.17) is 42.2 Å². The van der Waals surface area contributed by atoms with Crippen LogP contribution < -0.4 is 10.6 Å². The first-order chi connectivity index (χ1) is 58.3. The fraction of sp³-hybridized carbons (Fsp3) is 0.935. The highest BCUT2D eigenvalue weighted by atomic mass is 31.2. The predicted octanol–water partition coefficient (Wildman–Crippen LogP) is 19.8. The topological polar surface area (TPSA) is 406 Å². The van der Waals surface area contributed by atoms with E-state index in [1.54, 1.807) is 0 Å². The molecule has 4 unspecified atom stereocenters. The summed E-state index contributed by atoms with van der Waals surface area (Å²) in [5.41, 5.74) is 0. The summed E-state index contributed by atoms with van der Waals surface area (Å²) in [5.74, 6) is -5.02. The predicted molar refractivity (Wildman–Crippen MR) is 471 cm³/mol. The van der Waals surface area contributed by atoms with Crippen LogP contribution in [0, 0.1) is 0 Å². The van der Waals surface area contributed by atoms with Gasteiger partial charge in [0.05, 0.1) is 51.1 Å². The molecule has 0 aromatic carbocycles. The molecule has 0 aromatic heterocycles. The molecule has 0 bridgehead atoms. The molecule has 27 nitrogen and oxygen atoms in total. The van der Waals surface area contributed by atoms with Crippen molar-refractivity contribution >= 4 is 51.3 Å². The minimum Gasteiger partial charge on any atom is -0.462 e. The Morgan fingerprint density at radius 1 is 0.339 bits per heavy atom. The molecule has 712 valence electrons. The second kappa shape index (κ2) is 73.6. The first kappa shape index (κ1) is 114. The Kier molecular flexibility index (Phi) is 69.3. The number of aliphatic hydroxyl groups excluding tert-OH is 4. The summed E-state index contributed by atoms with van der Waals surface area (Å²) in [7, 11) is -11.4. The van der Waals surface area contributed by atoms with Crippen molar-refractivity contribution in [2.75, 3.05) is 13.2 Å². The minimum absolute atomic E-state index is 0.0885. The molecule has 2 aliphatic heterocycles. The van der Waals surface area contributed by atoms with Crippen LogP contribution in [0.3, 0.4) is 0 Å². The van der Waals surface area contributed by atoms with Gasteiger partial charge < -0.3 is 83.8 Å². The molecule has 2 fully saturated rings. The molecular formula is C92H174N2O25P2. The Balaban J connectivity index is 2.81. The van der Waals surface area contributed by atoms with E-state index < -0.39 is 176 Å². The third kappa shape index (κ3) is 60.2.